The van der Waals surface area contributed by atoms with Crippen molar-refractivity contribution in [3.8, 4) is 0 Å². The molecule has 20 heavy (non-hydrogen) atoms. The molecule has 0 saturated carbocycles. The second-order valence-electron chi connectivity index (χ2n) is 4.71. The maximum absolute atomic E-state index is 4.37. The van der Waals surface area contributed by atoms with E-state index in [9.17, 15) is 0 Å². The summed E-state index contributed by atoms with van der Waals surface area (Å²) in [6.07, 6.45) is 5.82. The van der Waals surface area contributed by atoms with E-state index < -0.39 is 0 Å². The fourth-order valence-electron chi connectivity index (χ4n) is 2.50. The molecule has 0 aliphatic heterocycles. The summed E-state index contributed by atoms with van der Waals surface area (Å²) < 4.78 is 1.08. The van der Waals surface area contributed by atoms with Crippen molar-refractivity contribution < 1.29 is 0 Å². The Morgan fingerprint density at radius 1 is 1.00 bits per heavy atom. The number of allylic oxidation sites excluding steroid dienone is 1. The molecule has 3 aromatic rings. The monoisotopic (exact) mass is 323 g/mol. The molecule has 0 bridgehead atoms. The number of hydrogen-bond acceptors (Lipinski definition) is 1. The maximum atomic E-state index is 4.37. The lowest BCUT2D eigenvalue weighted by molar-refractivity contribution is 1.03. The average Bonchev–Trinajstić information content (AvgIpc) is 2.50. The number of fused-ring (bicyclic) bond motifs is 1. The van der Waals surface area contributed by atoms with E-state index in [2.05, 4.69) is 70.0 Å². The first-order valence-corrected chi connectivity index (χ1v) is 7.29. The highest BCUT2D eigenvalue weighted by Crippen LogP contribution is 2.31. The number of benzene rings is 2. The molecule has 2 heteroatoms. The Hall–Kier alpha value is -1.93. The fraction of sp³-hybridized carbons (Fsp3) is 0.0556. The van der Waals surface area contributed by atoms with Gasteiger partial charge in [0.05, 0.1) is 0 Å². The SMILES string of the molecule is C=CC(c1ccc(Br)cc1)c1cncc2ccccc12. The van der Waals surface area contributed by atoms with Gasteiger partial charge in [0.1, 0.15) is 0 Å². The van der Waals surface area contributed by atoms with Crippen molar-refractivity contribution in [3.63, 3.8) is 0 Å². The van der Waals surface area contributed by atoms with Crippen LogP contribution in [0.1, 0.15) is 17.0 Å². The van der Waals surface area contributed by atoms with Gasteiger partial charge in [0.25, 0.3) is 0 Å². The zero-order chi connectivity index (χ0) is 13.9. The van der Waals surface area contributed by atoms with Crippen LogP contribution in [0.15, 0.2) is 78.1 Å². The highest BCUT2D eigenvalue weighted by molar-refractivity contribution is 9.10. The van der Waals surface area contributed by atoms with Crippen molar-refractivity contribution in [2.75, 3.05) is 0 Å². The molecule has 98 valence electrons. The van der Waals surface area contributed by atoms with Gasteiger partial charge < -0.3 is 0 Å². The van der Waals surface area contributed by atoms with Crippen molar-refractivity contribution in [1.29, 1.82) is 0 Å². The Bertz CT molecular complexity index is 741. The molecule has 0 radical (unpaired) electrons. The minimum Gasteiger partial charge on any atom is -0.264 e. The van der Waals surface area contributed by atoms with Crippen LogP contribution in [-0.2, 0) is 0 Å². The molecule has 0 N–H and O–H groups in total. The smallest absolute Gasteiger partial charge is 0.0346 e. The molecule has 1 heterocycles. The van der Waals surface area contributed by atoms with Gasteiger partial charge in [-0.1, -0.05) is 58.4 Å². The quantitative estimate of drug-likeness (QED) is 0.595. The van der Waals surface area contributed by atoms with Gasteiger partial charge in [0.2, 0.25) is 0 Å². The molecule has 0 fully saturated rings. The Morgan fingerprint density at radius 2 is 1.75 bits per heavy atom. The van der Waals surface area contributed by atoms with Crippen LogP contribution in [0.25, 0.3) is 10.8 Å². The molecular formula is C18H14BrN. The van der Waals surface area contributed by atoms with E-state index >= 15 is 0 Å². The topological polar surface area (TPSA) is 12.9 Å². The Balaban J connectivity index is 2.16. The lowest BCUT2D eigenvalue weighted by atomic mass is 9.89. The number of nitrogens with zero attached hydrogens (tertiary/aromatic N) is 1. The second kappa shape index (κ2) is 5.59. The van der Waals surface area contributed by atoms with E-state index in [1.807, 2.05) is 24.5 Å². The number of halogens is 1. The Morgan fingerprint density at radius 3 is 2.50 bits per heavy atom. The van der Waals surface area contributed by atoms with Crippen LogP contribution >= 0.6 is 15.9 Å². The molecule has 0 saturated heterocycles. The third-order valence-electron chi connectivity index (χ3n) is 3.50. The van der Waals surface area contributed by atoms with Crippen molar-refractivity contribution in [3.05, 3.63) is 89.2 Å². The van der Waals surface area contributed by atoms with E-state index in [-0.39, 0.29) is 5.92 Å². The summed E-state index contributed by atoms with van der Waals surface area (Å²) in [5.41, 5.74) is 2.42. The van der Waals surface area contributed by atoms with E-state index in [4.69, 9.17) is 0 Å². The van der Waals surface area contributed by atoms with Crippen LogP contribution in [0.4, 0.5) is 0 Å². The summed E-state index contributed by atoms with van der Waals surface area (Å²) in [6.45, 7) is 4.00. The number of rotatable bonds is 3. The van der Waals surface area contributed by atoms with Gasteiger partial charge in [-0.25, -0.2) is 0 Å². The molecular weight excluding hydrogens is 310 g/mol. The molecule has 0 aliphatic carbocycles. The van der Waals surface area contributed by atoms with Crippen molar-refractivity contribution in [2.45, 2.75) is 5.92 Å². The van der Waals surface area contributed by atoms with E-state index in [0.29, 0.717) is 0 Å². The van der Waals surface area contributed by atoms with Gasteiger partial charge in [0.15, 0.2) is 0 Å². The van der Waals surface area contributed by atoms with Crippen LogP contribution in [0.3, 0.4) is 0 Å². The summed E-state index contributed by atoms with van der Waals surface area (Å²) >= 11 is 3.47. The van der Waals surface area contributed by atoms with Crippen LogP contribution in [-0.4, -0.2) is 4.98 Å². The zero-order valence-electron chi connectivity index (χ0n) is 11.0. The van der Waals surface area contributed by atoms with Gasteiger partial charge in [-0.15, -0.1) is 6.58 Å². The molecule has 0 spiro atoms. The normalized spacial score (nSPS) is 12.2. The molecule has 0 aliphatic rings. The van der Waals surface area contributed by atoms with Crippen LogP contribution < -0.4 is 0 Å². The third kappa shape index (κ3) is 2.39. The van der Waals surface area contributed by atoms with Crippen molar-refractivity contribution in [1.82, 2.24) is 4.98 Å². The Labute approximate surface area is 127 Å². The molecule has 2 aromatic carbocycles. The summed E-state index contributed by atoms with van der Waals surface area (Å²) in [5, 5.41) is 2.39. The minimum atomic E-state index is 0.154. The average molecular weight is 324 g/mol. The first-order chi connectivity index (χ1) is 9.79. The number of hydrogen-bond donors (Lipinski definition) is 0. The molecule has 1 aromatic heterocycles. The number of aromatic nitrogens is 1. The van der Waals surface area contributed by atoms with Gasteiger partial charge in [0, 0.05) is 28.2 Å². The van der Waals surface area contributed by atoms with Gasteiger partial charge in [-0.3, -0.25) is 4.98 Å². The predicted molar refractivity (Wildman–Crippen MR) is 87.9 cm³/mol. The van der Waals surface area contributed by atoms with E-state index in [0.717, 1.165) is 9.86 Å². The summed E-state index contributed by atoms with van der Waals surface area (Å²) in [4.78, 5) is 4.37. The lowest BCUT2D eigenvalue weighted by Gasteiger charge is -2.15. The standard InChI is InChI=1S/C18H14BrN/c1-2-16(13-7-9-15(19)10-8-13)18-12-20-11-14-5-3-4-6-17(14)18/h2-12,16H,1H2. The van der Waals surface area contributed by atoms with Crippen LogP contribution in [0.5, 0.6) is 0 Å². The highest BCUT2D eigenvalue weighted by Gasteiger charge is 2.13. The first kappa shape index (κ1) is 13.1. The van der Waals surface area contributed by atoms with Gasteiger partial charge in [-0.2, -0.15) is 0 Å². The molecule has 3 rings (SSSR count). The van der Waals surface area contributed by atoms with Crippen molar-refractivity contribution in [2.24, 2.45) is 0 Å². The second-order valence-corrected chi connectivity index (χ2v) is 5.63. The first-order valence-electron chi connectivity index (χ1n) is 6.50. The molecule has 1 unspecified atom stereocenters. The summed E-state index contributed by atoms with van der Waals surface area (Å²) in [7, 11) is 0. The zero-order valence-corrected chi connectivity index (χ0v) is 12.5. The molecule has 1 atom stereocenters. The van der Waals surface area contributed by atoms with Crippen LogP contribution in [0, 0.1) is 0 Å². The largest absolute Gasteiger partial charge is 0.264 e. The van der Waals surface area contributed by atoms with Crippen molar-refractivity contribution >= 4 is 26.7 Å². The molecule has 1 nitrogen and oxygen atoms in total. The predicted octanol–water partition coefficient (Wildman–Crippen LogP) is 5.32. The maximum Gasteiger partial charge on any atom is 0.0346 e. The van der Waals surface area contributed by atoms with Gasteiger partial charge >= 0.3 is 0 Å². The van der Waals surface area contributed by atoms with Gasteiger partial charge in [-0.05, 0) is 28.6 Å². The highest BCUT2D eigenvalue weighted by atomic mass is 79.9. The summed E-state index contributed by atoms with van der Waals surface area (Å²) in [6, 6.07) is 16.7. The fourth-order valence-corrected chi connectivity index (χ4v) is 2.76. The number of pyridine rings is 1. The van der Waals surface area contributed by atoms with E-state index in [1.54, 1.807) is 0 Å². The third-order valence-corrected chi connectivity index (χ3v) is 4.03. The lowest BCUT2D eigenvalue weighted by Crippen LogP contribution is -1.99. The van der Waals surface area contributed by atoms with E-state index in [1.165, 1.54) is 16.5 Å². The summed E-state index contributed by atoms with van der Waals surface area (Å²) in [5.74, 6) is 0.154. The minimum absolute atomic E-state index is 0.154. The van der Waals surface area contributed by atoms with Crippen LogP contribution in [0.2, 0.25) is 0 Å². The Kier molecular flexibility index (Phi) is 3.66. The molecule has 0 amide bonds.